The van der Waals surface area contributed by atoms with E-state index in [2.05, 4.69) is 30.8 Å². The Morgan fingerprint density at radius 2 is 1.80 bits per heavy atom. The molecule has 1 aliphatic heterocycles. The predicted molar refractivity (Wildman–Crippen MR) is 44.2 cm³/mol. The molecular formula is C8H18N2. The van der Waals surface area contributed by atoms with E-state index in [0.29, 0.717) is 0 Å². The van der Waals surface area contributed by atoms with Crippen molar-refractivity contribution >= 4 is 0 Å². The zero-order valence-electron chi connectivity index (χ0n) is 7.30. The molecule has 1 rings (SSSR count). The van der Waals surface area contributed by atoms with Crippen LogP contribution in [0, 0.1) is 0 Å². The summed E-state index contributed by atoms with van der Waals surface area (Å²) in [5, 5.41) is 0. The Kier molecular flexibility index (Phi) is 2.69. The van der Waals surface area contributed by atoms with Crippen LogP contribution < -0.4 is 0 Å². The maximum absolute atomic E-state index is 2.43. The molecule has 2 nitrogen and oxygen atoms in total. The maximum atomic E-state index is 2.43. The third-order valence-electron chi connectivity index (χ3n) is 2.52. The lowest BCUT2D eigenvalue weighted by Gasteiger charge is -2.20. The van der Waals surface area contributed by atoms with Crippen LogP contribution in [-0.2, 0) is 0 Å². The van der Waals surface area contributed by atoms with Gasteiger partial charge >= 0.3 is 0 Å². The van der Waals surface area contributed by atoms with Gasteiger partial charge in [0.2, 0.25) is 0 Å². The van der Waals surface area contributed by atoms with Crippen molar-refractivity contribution in [3.05, 3.63) is 0 Å². The summed E-state index contributed by atoms with van der Waals surface area (Å²) in [4.78, 5) is 4.84. The van der Waals surface area contributed by atoms with Crippen molar-refractivity contribution in [1.82, 2.24) is 9.80 Å². The van der Waals surface area contributed by atoms with Gasteiger partial charge in [-0.3, -0.25) is 0 Å². The van der Waals surface area contributed by atoms with E-state index in [1.807, 2.05) is 0 Å². The zero-order valence-corrected chi connectivity index (χ0v) is 7.30. The van der Waals surface area contributed by atoms with E-state index < -0.39 is 0 Å². The molecule has 0 saturated carbocycles. The van der Waals surface area contributed by atoms with Crippen LogP contribution in [0.25, 0.3) is 0 Å². The highest BCUT2D eigenvalue weighted by atomic mass is 15.2. The molecule has 0 N–H and O–H groups in total. The first kappa shape index (κ1) is 8.02. The highest BCUT2D eigenvalue weighted by Crippen LogP contribution is 2.05. The quantitative estimate of drug-likeness (QED) is 0.490. The number of likely N-dealkylation sites (N-methyl/N-ethyl adjacent to an activating group) is 2. The molecule has 60 valence electrons. The molecule has 1 fully saturated rings. The standard InChI is InChI=1S/C8H18N2/c1-8-4-5-9(2)6-7-10(8)3/h8H,4-7H2,1-3H3/t8-/m0/s1. The van der Waals surface area contributed by atoms with E-state index in [4.69, 9.17) is 0 Å². The first-order valence-electron chi connectivity index (χ1n) is 4.09. The van der Waals surface area contributed by atoms with E-state index in [0.717, 1.165) is 6.04 Å². The summed E-state index contributed by atoms with van der Waals surface area (Å²) >= 11 is 0. The average Bonchev–Trinajstić information content (AvgIpc) is 2.04. The Morgan fingerprint density at radius 1 is 1.10 bits per heavy atom. The maximum Gasteiger partial charge on any atom is 0.0109 e. The molecule has 0 aromatic heterocycles. The van der Waals surface area contributed by atoms with Crippen molar-refractivity contribution in [3.63, 3.8) is 0 Å². The molecule has 1 atom stereocenters. The van der Waals surface area contributed by atoms with Crippen LogP contribution >= 0.6 is 0 Å². The second kappa shape index (κ2) is 3.35. The van der Waals surface area contributed by atoms with Gasteiger partial charge in [0.05, 0.1) is 0 Å². The topological polar surface area (TPSA) is 6.48 Å². The summed E-state index contributed by atoms with van der Waals surface area (Å²) in [7, 11) is 4.41. The van der Waals surface area contributed by atoms with Gasteiger partial charge in [0.1, 0.15) is 0 Å². The Labute approximate surface area is 63.8 Å². The minimum absolute atomic E-state index is 0.768. The molecule has 0 aliphatic carbocycles. The average molecular weight is 142 g/mol. The first-order chi connectivity index (χ1) is 4.70. The summed E-state index contributed by atoms with van der Waals surface area (Å²) in [6.07, 6.45) is 1.31. The highest BCUT2D eigenvalue weighted by Gasteiger charge is 2.14. The summed E-state index contributed by atoms with van der Waals surface area (Å²) < 4.78 is 0. The van der Waals surface area contributed by atoms with Gasteiger partial charge in [0, 0.05) is 19.1 Å². The second-order valence-electron chi connectivity index (χ2n) is 3.42. The molecule has 0 aromatic carbocycles. The van der Waals surface area contributed by atoms with E-state index in [9.17, 15) is 0 Å². The van der Waals surface area contributed by atoms with Gasteiger partial charge in [-0.05, 0) is 34.0 Å². The highest BCUT2D eigenvalue weighted by molar-refractivity contribution is 4.70. The Morgan fingerprint density at radius 3 is 2.50 bits per heavy atom. The lowest BCUT2D eigenvalue weighted by atomic mass is 10.2. The molecule has 10 heavy (non-hydrogen) atoms. The monoisotopic (exact) mass is 142 g/mol. The number of nitrogens with zero attached hydrogens (tertiary/aromatic N) is 2. The van der Waals surface area contributed by atoms with Gasteiger partial charge < -0.3 is 9.80 Å². The van der Waals surface area contributed by atoms with Crippen molar-refractivity contribution in [2.45, 2.75) is 19.4 Å². The van der Waals surface area contributed by atoms with Crippen molar-refractivity contribution in [3.8, 4) is 0 Å². The molecular weight excluding hydrogens is 124 g/mol. The fourth-order valence-corrected chi connectivity index (χ4v) is 1.29. The van der Waals surface area contributed by atoms with Crippen LogP contribution in [0.2, 0.25) is 0 Å². The minimum Gasteiger partial charge on any atom is -0.305 e. The van der Waals surface area contributed by atoms with Crippen LogP contribution in [0.15, 0.2) is 0 Å². The third-order valence-corrected chi connectivity index (χ3v) is 2.52. The smallest absolute Gasteiger partial charge is 0.0109 e. The molecule has 1 heterocycles. The van der Waals surface area contributed by atoms with Crippen LogP contribution in [0.5, 0.6) is 0 Å². The molecule has 0 spiro atoms. The largest absolute Gasteiger partial charge is 0.305 e. The second-order valence-corrected chi connectivity index (χ2v) is 3.42. The van der Waals surface area contributed by atoms with Gasteiger partial charge in [0.25, 0.3) is 0 Å². The summed E-state index contributed by atoms with van der Waals surface area (Å²) in [5.41, 5.74) is 0. The molecule has 0 radical (unpaired) electrons. The molecule has 0 aromatic rings. The molecule has 2 heteroatoms. The van der Waals surface area contributed by atoms with Crippen LogP contribution in [-0.4, -0.2) is 49.6 Å². The van der Waals surface area contributed by atoms with E-state index in [1.165, 1.54) is 26.1 Å². The molecule has 0 unspecified atom stereocenters. The summed E-state index contributed by atoms with van der Waals surface area (Å²) in [5.74, 6) is 0. The minimum atomic E-state index is 0.768. The predicted octanol–water partition coefficient (Wildman–Crippen LogP) is 0.642. The van der Waals surface area contributed by atoms with E-state index >= 15 is 0 Å². The number of hydrogen-bond donors (Lipinski definition) is 0. The molecule has 1 aliphatic rings. The van der Waals surface area contributed by atoms with Crippen LogP contribution in [0.4, 0.5) is 0 Å². The van der Waals surface area contributed by atoms with Crippen molar-refractivity contribution in [1.29, 1.82) is 0 Å². The van der Waals surface area contributed by atoms with Crippen molar-refractivity contribution in [2.75, 3.05) is 33.7 Å². The van der Waals surface area contributed by atoms with Crippen LogP contribution in [0.3, 0.4) is 0 Å². The number of hydrogen-bond acceptors (Lipinski definition) is 2. The van der Waals surface area contributed by atoms with Gasteiger partial charge in [-0.1, -0.05) is 0 Å². The molecule has 0 amide bonds. The molecule has 1 saturated heterocycles. The fourth-order valence-electron chi connectivity index (χ4n) is 1.29. The van der Waals surface area contributed by atoms with E-state index in [1.54, 1.807) is 0 Å². The summed E-state index contributed by atoms with van der Waals surface area (Å²) in [6.45, 7) is 6.00. The van der Waals surface area contributed by atoms with Crippen LogP contribution in [0.1, 0.15) is 13.3 Å². The fraction of sp³-hybridized carbons (Fsp3) is 1.00. The first-order valence-corrected chi connectivity index (χ1v) is 4.09. The molecule has 0 bridgehead atoms. The van der Waals surface area contributed by atoms with Gasteiger partial charge in [-0.2, -0.15) is 0 Å². The zero-order chi connectivity index (χ0) is 7.56. The SMILES string of the molecule is C[C@H]1CCN(C)CCN1C. The Balaban J connectivity index is 2.38. The van der Waals surface area contributed by atoms with Gasteiger partial charge in [-0.25, -0.2) is 0 Å². The normalized spacial score (nSPS) is 32.1. The lowest BCUT2D eigenvalue weighted by Crippen LogP contribution is -2.30. The van der Waals surface area contributed by atoms with E-state index in [-0.39, 0.29) is 0 Å². The Bertz CT molecular complexity index is 91.4. The van der Waals surface area contributed by atoms with Gasteiger partial charge in [0.15, 0.2) is 0 Å². The Hall–Kier alpha value is -0.0800. The van der Waals surface area contributed by atoms with Crippen molar-refractivity contribution in [2.24, 2.45) is 0 Å². The van der Waals surface area contributed by atoms with Gasteiger partial charge in [-0.15, -0.1) is 0 Å². The van der Waals surface area contributed by atoms with Crippen molar-refractivity contribution < 1.29 is 0 Å². The lowest BCUT2D eigenvalue weighted by molar-refractivity contribution is 0.267. The summed E-state index contributed by atoms with van der Waals surface area (Å²) in [6, 6.07) is 0.768. The number of rotatable bonds is 0. The third kappa shape index (κ3) is 1.96.